The van der Waals surface area contributed by atoms with E-state index in [1.807, 2.05) is 12.1 Å². The molecule has 0 heterocycles. The Hall–Kier alpha value is -1.06. The fourth-order valence-corrected chi connectivity index (χ4v) is 4.20. The van der Waals surface area contributed by atoms with E-state index in [9.17, 15) is 5.11 Å². The van der Waals surface area contributed by atoms with Crippen molar-refractivity contribution in [3.05, 3.63) is 29.8 Å². The van der Waals surface area contributed by atoms with Gasteiger partial charge in [0.2, 0.25) is 0 Å². The number of rotatable bonds is 5. The third-order valence-corrected chi connectivity index (χ3v) is 5.80. The first kappa shape index (κ1) is 16.8. The Labute approximate surface area is 140 Å². The maximum Gasteiger partial charge on any atom is 0.120 e. The molecule has 1 aromatic carbocycles. The molecule has 0 aromatic heterocycles. The fourth-order valence-electron chi connectivity index (χ4n) is 4.20. The van der Waals surface area contributed by atoms with Crippen LogP contribution in [0.15, 0.2) is 24.3 Å². The summed E-state index contributed by atoms with van der Waals surface area (Å²) in [6.07, 6.45) is 7.36. The molecule has 0 aliphatic heterocycles. The van der Waals surface area contributed by atoms with Gasteiger partial charge in [-0.3, -0.25) is 0 Å². The van der Waals surface area contributed by atoms with Gasteiger partial charge in [-0.05, 0) is 69.8 Å². The SMILES string of the molecule is CC1CCCC(CN(C)C)C1(O)c1cccc(OC2CCC2)c1. The lowest BCUT2D eigenvalue weighted by molar-refractivity contribution is -0.102. The number of nitrogens with zero attached hydrogens (tertiary/aromatic N) is 1. The van der Waals surface area contributed by atoms with Gasteiger partial charge in [-0.15, -0.1) is 0 Å². The predicted molar refractivity (Wildman–Crippen MR) is 93.7 cm³/mol. The average molecular weight is 317 g/mol. The first-order valence-corrected chi connectivity index (χ1v) is 9.14. The molecule has 3 nitrogen and oxygen atoms in total. The average Bonchev–Trinajstić information content (AvgIpc) is 2.48. The molecule has 23 heavy (non-hydrogen) atoms. The third-order valence-electron chi connectivity index (χ3n) is 5.80. The molecule has 0 bridgehead atoms. The second-order valence-corrected chi connectivity index (χ2v) is 7.82. The summed E-state index contributed by atoms with van der Waals surface area (Å²) in [5.74, 6) is 1.47. The van der Waals surface area contributed by atoms with E-state index in [0.29, 0.717) is 6.10 Å². The molecule has 3 rings (SSSR count). The molecule has 3 atom stereocenters. The first-order chi connectivity index (χ1) is 11.0. The van der Waals surface area contributed by atoms with Crippen LogP contribution >= 0.6 is 0 Å². The maximum absolute atomic E-state index is 11.7. The zero-order chi connectivity index (χ0) is 16.4. The van der Waals surface area contributed by atoms with E-state index in [1.54, 1.807) is 0 Å². The Morgan fingerprint density at radius 1 is 1.17 bits per heavy atom. The standard InChI is InChI=1S/C20H31NO2/c1-15-7-4-9-17(14-21(2)3)20(15,22)16-8-5-12-19(13-16)23-18-10-6-11-18/h5,8,12-13,15,17-18,22H,4,6-7,9-11,14H2,1-3H3. The highest BCUT2D eigenvalue weighted by atomic mass is 16.5. The van der Waals surface area contributed by atoms with E-state index in [-0.39, 0.29) is 11.8 Å². The molecule has 0 radical (unpaired) electrons. The minimum Gasteiger partial charge on any atom is -0.490 e. The van der Waals surface area contributed by atoms with Crippen LogP contribution in [0.1, 0.15) is 51.0 Å². The Kier molecular flexibility index (Phi) is 4.98. The van der Waals surface area contributed by atoms with Crippen LogP contribution < -0.4 is 4.74 Å². The molecule has 3 unspecified atom stereocenters. The van der Waals surface area contributed by atoms with E-state index in [2.05, 4.69) is 38.1 Å². The largest absolute Gasteiger partial charge is 0.490 e. The van der Waals surface area contributed by atoms with Crippen LogP contribution in [0.3, 0.4) is 0 Å². The molecule has 3 heteroatoms. The lowest BCUT2D eigenvalue weighted by Crippen LogP contribution is -2.48. The first-order valence-electron chi connectivity index (χ1n) is 9.14. The molecule has 2 fully saturated rings. The van der Waals surface area contributed by atoms with Gasteiger partial charge < -0.3 is 14.7 Å². The predicted octanol–water partition coefficient (Wildman–Crippen LogP) is 3.80. The molecule has 2 aliphatic carbocycles. The van der Waals surface area contributed by atoms with E-state index >= 15 is 0 Å². The van der Waals surface area contributed by atoms with Gasteiger partial charge in [0.15, 0.2) is 0 Å². The lowest BCUT2D eigenvalue weighted by Gasteiger charge is -2.46. The lowest BCUT2D eigenvalue weighted by atomic mass is 9.65. The molecule has 2 saturated carbocycles. The summed E-state index contributed by atoms with van der Waals surface area (Å²) in [4.78, 5) is 2.20. The summed E-state index contributed by atoms with van der Waals surface area (Å²) >= 11 is 0. The van der Waals surface area contributed by atoms with Crippen molar-refractivity contribution in [1.29, 1.82) is 0 Å². The minimum absolute atomic E-state index is 0.278. The molecule has 128 valence electrons. The Bertz CT molecular complexity index is 526. The van der Waals surface area contributed by atoms with Crippen LogP contribution in [0, 0.1) is 11.8 Å². The third kappa shape index (κ3) is 3.41. The van der Waals surface area contributed by atoms with E-state index in [1.165, 1.54) is 12.8 Å². The summed E-state index contributed by atoms with van der Waals surface area (Å²) in [5.41, 5.74) is 0.287. The Balaban J connectivity index is 1.86. The molecule has 1 N–H and O–H groups in total. The highest BCUT2D eigenvalue weighted by Crippen LogP contribution is 2.46. The van der Waals surface area contributed by atoms with Crippen molar-refractivity contribution in [2.45, 2.75) is 57.2 Å². The molecule has 0 spiro atoms. The smallest absolute Gasteiger partial charge is 0.120 e. The molecule has 1 aromatic rings. The second kappa shape index (κ2) is 6.82. The van der Waals surface area contributed by atoms with Crippen LogP contribution in [-0.2, 0) is 5.60 Å². The van der Waals surface area contributed by atoms with Crippen molar-refractivity contribution < 1.29 is 9.84 Å². The number of aliphatic hydroxyl groups is 1. The van der Waals surface area contributed by atoms with E-state index in [4.69, 9.17) is 4.74 Å². The molecule has 2 aliphatic rings. The number of hydrogen-bond acceptors (Lipinski definition) is 3. The molecule has 0 amide bonds. The molecular formula is C20H31NO2. The zero-order valence-corrected chi connectivity index (χ0v) is 14.8. The van der Waals surface area contributed by atoms with Gasteiger partial charge in [0.05, 0.1) is 11.7 Å². The summed E-state index contributed by atoms with van der Waals surface area (Å²) in [7, 11) is 4.19. The maximum atomic E-state index is 11.7. The van der Waals surface area contributed by atoms with Gasteiger partial charge in [0, 0.05) is 12.5 Å². The number of hydrogen-bond donors (Lipinski definition) is 1. The van der Waals surface area contributed by atoms with Crippen LogP contribution in [-0.4, -0.2) is 36.8 Å². The molecule has 0 saturated heterocycles. The quantitative estimate of drug-likeness (QED) is 0.896. The minimum atomic E-state index is -0.749. The normalized spacial score (nSPS) is 31.9. The number of ether oxygens (including phenoxy) is 1. The number of benzene rings is 1. The monoisotopic (exact) mass is 317 g/mol. The van der Waals surface area contributed by atoms with Gasteiger partial charge in [0.1, 0.15) is 5.75 Å². The molecular weight excluding hydrogens is 286 g/mol. The topological polar surface area (TPSA) is 32.7 Å². The van der Waals surface area contributed by atoms with E-state index < -0.39 is 5.60 Å². The second-order valence-electron chi connectivity index (χ2n) is 7.82. The Morgan fingerprint density at radius 3 is 2.57 bits per heavy atom. The van der Waals surface area contributed by atoms with Crippen molar-refractivity contribution in [3.8, 4) is 5.75 Å². The fraction of sp³-hybridized carbons (Fsp3) is 0.700. The van der Waals surface area contributed by atoms with Crippen molar-refractivity contribution >= 4 is 0 Å². The van der Waals surface area contributed by atoms with Gasteiger partial charge in [-0.25, -0.2) is 0 Å². The summed E-state index contributed by atoms with van der Waals surface area (Å²) in [6.45, 7) is 3.12. The van der Waals surface area contributed by atoms with Gasteiger partial charge in [-0.2, -0.15) is 0 Å². The summed E-state index contributed by atoms with van der Waals surface area (Å²) in [5, 5.41) is 11.7. The van der Waals surface area contributed by atoms with Crippen LogP contribution in [0.25, 0.3) is 0 Å². The van der Waals surface area contributed by atoms with E-state index in [0.717, 1.165) is 43.5 Å². The highest BCUT2D eigenvalue weighted by molar-refractivity contribution is 5.34. The van der Waals surface area contributed by atoms with Crippen LogP contribution in [0.4, 0.5) is 0 Å². The zero-order valence-electron chi connectivity index (χ0n) is 14.8. The van der Waals surface area contributed by atoms with Crippen molar-refractivity contribution in [3.63, 3.8) is 0 Å². The van der Waals surface area contributed by atoms with Gasteiger partial charge >= 0.3 is 0 Å². The summed E-state index contributed by atoms with van der Waals surface area (Å²) < 4.78 is 6.06. The van der Waals surface area contributed by atoms with Gasteiger partial charge in [0.25, 0.3) is 0 Å². The van der Waals surface area contributed by atoms with Gasteiger partial charge in [-0.1, -0.05) is 25.5 Å². The van der Waals surface area contributed by atoms with Crippen molar-refractivity contribution in [1.82, 2.24) is 4.90 Å². The van der Waals surface area contributed by atoms with Crippen molar-refractivity contribution in [2.24, 2.45) is 11.8 Å². The highest BCUT2D eigenvalue weighted by Gasteiger charge is 2.45. The summed E-state index contributed by atoms with van der Waals surface area (Å²) in [6, 6.07) is 8.23. The van der Waals surface area contributed by atoms with Crippen LogP contribution in [0.5, 0.6) is 5.75 Å². The Morgan fingerprint density at radius 2 is 1.91 bits per heavy atom. The van der Waals surface area contributed by atoms with Crippen LogP contribution in [0.2, 0.25) is 0 Å². The van der Waals surface area contributed by atoms with Crippen molar-refractivity contribution in [2.75, 3.05) is 20.6 Å².